The van der Waals surface area contributed by atoms with Gasteiger partial charge in [0.25, 0.3) is 0 Å². The monoisotopic (exact) mass is 256 g/mol. The highest BCUT2D eigenvalue weighted by atomic mass is 79.9. The second kappa shape index (κ2) is 3.16. The Balaban J connectivity index is 2.95. The Morgan fingerprint density at radius 1 is 1.62 bits per heavy atom. The number of nitrogens with zero attached hydrogens (tertiary/aromatic N) is 1. The molecule has 0 atom stereocenters. The van der Waals surface area contributed by atoms with Crippen LogP contribution in [0.1, 0.15) is 5.56 Å². The molecule has 1 aromatic heterocycles. The molecule has 0 unspecified atom stereocenters. The first-order chi connectivity index (χ1) is 6.24. The van der Waals surface area contributed by atoms with Crippen LogP contribution in [0, 0.1) is 0 Å². The van der Waals surface area contributed by atoms with Gasteiger partial charge in [0.2, 0.25) is 0 Å². The molecule has 2 aromatic rings. The molecule has 2 nitrogen and oxygen atoms in total. The summed E-state index contributed by atoms with van der Waals surface area (Å²) in [4.78, 5) is 0. The molecule has 0 amide bonds. The van der Waals surface area contributed by atoms with E-state index in [0.717, 1.165) is 20.9 Å². The Kier molecular flexibility index (Phi) is 2.14. The maximum absolute atomic E-state index is 5.99. The van der Waals surface area contributed by atoms with Crippen molar-refractivity contribution in [3.63, 3.8) is 0 Å². The van der Waals surface area contributed by atoms with Gasteiger partial charge < -0.3 is 0 Å². The van der Waals surface area contributed by atoms with Crippen LogP contribution in [-0.4, -0.2) is 10.2 Å². The fourth-order valence-electron chi connectivity index (χ4n) is 1.23. The van der Waals surface area contributed by atoms with Crippen LogP contribution in [0.15, 0.2) is 23.3 Å². The smallest absolute Gasteiger partial charge is 0.0734 e. The lowest BCUT2D eigenvalue weighted by atomic mass is 10.1. The normalized spacial score (nSPS) is 10.6. The zero-order valence-corrected chi connectivity index (χ0v) is 8.98. The number of halogens is 2. The highest BCUT2D eigenvalue weighted by Crippen LogP contribution is 2.32. The molecule has 66 valence electrons. The quantitative estimate of drug-likeness (QED) is 0.830. The molecule has 0 radical (unpaired) electrons. The first-order valence-electron chi connectivity index (χ1n) is 3.67. The van der Waals surface area contributed by atoms with E-state index in [1.807, 2.05) is 6.07 Å². The fraction of sp³-hybridized carbons (Fsp3) is 0. The van der Waals surface area contributed by atoms with Crippen LogP contribution in [0.5, 0.6) is 0 Å². The minimum atomic E-state index is 0.670. The van der Waals surface area contributed by atoms with Crippen LogP contribution in [0.3, 0.4) is 0 Å². The minimum Gasteiger partial charge on any atom is -0.277 e. The van der Waals surface area contributed by atoms with Gasteiger partial charge in [-0.05, 0) is 22.0 Å². The summed E-state index contributed by atoms with van der Waals surface area (Å²) in [5.41, 5.74) is 1.91. The van der Waals surface area contributed by atoms with Gasteiger partial charge in [-0.3, -0.25) is 5.10 Å². The first-order valence-corrected chi connectivity index (χ1v) is 4.84. The van der Waals surface area contributed by atoms with E-state index >= 15 is 0 Å². The highest BCUT2D eigenvalue weighted by molar-refractivity contribution is 9.10. The van der Waals surface area contributed by atoms with E-state index in [9.17, 15) is 0 Å². The Morgan fingerprint density at radius 3 is 3.08 bits per heavy atom. The zero-order valence-electron chi connectivity index (χ0n) is 6.64. The third-order valence-electron chi connectivity index (χ3n) is 1.88. The molecule has 0 aliphatic rings. The van der Waals surface area contributed by atoms with Crippen molar-refractivity contribution in [1.29, 1.82) is 0 Å². The molecule has 4 heteroatoms. The molecular weight excluding hydrogens is 251 g/mol. The second-order valence-corrected chi connectivity index (χ2v) is 3.82. The van der Waals surface area contributed by atoms with Gasteiger partial charge in [0, 0.05) is 15.4 Å². The molecule has 1 aromatic carbocycles. The van der Waals surface area contributed by atoms with Gasteiger partial charge >= 0.3 is 0 Å². The van der Waals surface area contributed by atoms with Gasteiger partial charge in [-0.25, -0.2) is 0 Å². The summed E-state index contributed by atoms with van der Waals surface area (Å²) >= 11 is 9.39. The lowest BCUT2D eigenvalue weighted by Crippen LogP contribution is -1.79. The molecule has 0 fully saturated rings. The average Bonchev–Trinajstić information content (AvgIpc) is 2.60. The SMILES string of the molecule is C=Cc1cc(Cl)c(Br)c2cn[nH]c12. The first kappa shape index (κ1) is 8.78. The van der Waals surface area contributed by atoms with Gasteiger partial charge in [-0.15, -0.1) is 0 Å². The number of H-pyrrole nitrogens is 1. The Hall–Kier alpha value is -0.800. The van der Waals surface area contributed by atoms with E-state index in [1.54, 1.807) is 12.3 Å². The van der Waals surface area contributed by atoms with E-state index < -0.39 is 0 Å². The van der Waals surface area contributed by atoms with Gasteiger partial charge in [0.05, 0.1) is 16.7 Å². The molecule has 1 heterocycles. The van der Waals surface area contributed by atoms with Crippen molar-refractivity contribution in [2.75, 3.05) is 0 Å². The van der Waals surface area contributed by atoms with Crippen molar-refractivity contribution in [3.05, 3.63) is 33.9 Å². The van der Waals surface area contributed by atoms with Crippen molar-refractivity contribution in [1.82, 2.24) is 10.2 Å². The predicted octanol–water partition coefficient (Wildman–Crippen LogP) is 3.62. The van der Waals surface area contributed by atoms with E-state index in [4.69, 9.17) is 11.6 Å². The summed E-state index contributed by atoms with van der Waals surface area (Å²) in [6.07, 6.45) is 3.48. The zero-order chi connectivity index (χ0) is 9.42. The minimum absolute atomic E-state index is 0.670. The summed E-state index contributed by atoms with van der Waals surface area (Å²) in [6, 6.07) is 1.85. The lowest BCUT2D eigenvalue weighted by molar-refractivity contribution is 1.12. The standard InChI is InChI=1S/C9H6BrClN2/c1-2-5-3-7(11)8(10)6-4-12-13-9(5)6/h2-4H,1H2,(H,12,13). The molecule has 0 aliphatic carbocycles. The Bertz CT molecular complexity index is 476. The third kappa shape index (κ3) is 1.28. The van der Waals surface area contributed by atoms with Crippen molar-refractivity contribution in [2.45, 2.75) is 0 Å². The molecule has 1 N–H and O–H groups in total. The van der Waals surface area contributed by atoms with Crippen LogP contribution in [0.2, 0.25) is 5.02 Å². The lowest BCUT2D eigenvalue weighted by Gasteiger charge is -2.00. The largest absolute Gasteiger partial charge is 0.277 e. The van der Waals surface area contributed by atoms with Gasteiger partial charge in [-0.1, -0.05) is 24.3 Å². The summed E-state index contributed by atoms with van der Waals surface area (Å²) in [6.45, 7) is 3.71. The maximum atomic E-state index is 5.99. The number of aromatic amines is 1. The molecule has 0 spiro atoms. The predicted molar refractivity (Wildman–Crippen MR) is 58.9 cm³/mol. The molecule has 2 rings (SSSR count). The van der Waals surface area contributed by atoms with Crippen LogP contribution in [0.25, 0.3) is 17.0 Å². The fourth-order valence-corrected chi connectivity index (χ4v) is 1.87. The number of hydrogen-bond donors (Lipinski definition) is 1. The molecule has 0 aliphatic heterocycles. The van der Waals surface area contributed by atoms with Crippen molar-refractivity contribution in [2.24, 2.45) is 0 Å². The van der Waals surface area contributed by atoms with Crippen molar-refractivity contribution in [3.8, 4) is 0 Å². The van der Waals surface area contributed by atoms with Crippen LogP contribution in [0.4, 0.5) is 0 Å². The summed E-state index contributed by atoms with van der Waals surface area (Å²) in [7, 11) is 0. The number of hydrogen-bond acceptors (Lipinski definition) is 1. The van der Waals surface area contributed by atoms with E-state index in [2.05, 4.69) is 32.7 Å². The molecule has 0 saturated carbocycles. The van der Waals surface area contributed by atoms with Crippen LogP contribution in [-0.2, 0) is 0 Å². The number of nitrogens with one attached hydrogen (secondary N) is 1. The molecule has 0 saturated heterocycles. The van der Waals surface area contributed by atoms with Gasteiger partial charge in [0.1, 0.15) is 0 Å². The van der Waals surface area contributed by atoms with Gasteiger partial charge in [0.15, 0.2) is 0 Å². The third-order valence-corrected chi connectivity index (χ3v) is 3.26. The number of fused-ring (bicyclic) bond motifs is 1. The van der Waals surface area contributed by atoms with E-state index in [0.29, 0.717) is 5.02 Å². The Morgan fingerprint density at radius 2 is 2.38 bits per heavy atom. The topological polar surface area (TPSA) is 28.7 Å². The summed E-state index contributed by atoms with van der Waals surface area (Å²) in [5.74, 6) is 0. The molecule has 13 heavy (non-hydrogen) atoms. The highest BCUT2D eigenvalue weighted by Gasteiger charge is 2.08. The van der Waals surface area contributed by atoms with Crippen molar-refractivity contribution < 1.29 is 0 Å². The number of benzene rings is 1. The van der Waals surface area contributed by atoms with Crippen LogP contribution < -0.4 is 0 Å². The maximum Gasteiger partial charge on any atom is 0.0734 e. The Labute approximate surface area is 88.7 Å². The summed E-state index contributed by atoms with van der Waals surface area (Å²) in [5, 5.41) is 8.49. The number of aromatic nitrogens is 2. The molecule has 0 bridgehead atoms. The van der Waals surface area contributed by atoms with E-state index in [-0.39, 0.29) is 0 Å². The van der Waals surface area contributed by atoms with Crippen molar-refractivity contribution >= 4 is 44.5 Å². The average molecular weight is 258 g/mol. The van der Waals surface area contributed by atoms with Crippen LogP contribution >= 0.6 is 27.5 Å². The second-order valence-electron chi connectivity index (χ2n) is 2.62. The summed E-state index contributed by atoms with van der Waals surface area (Å²) < 4.78 is 0.864. The van der Waals surface area contributed by atoms with E-state index in [1.165, 1.54) is 0 Å². The molecular formula is C9H6BrClN2. The number of rotatable bonds is 1. The van der Waals surface area contributed by atoms with Gasteiger partial charge in [-0.2, -0.15) is 5.10 Å².